The van der Waals surface area contributed by atoms with E-state index in [1.807, 2.05) is 30.3 Å². The highest BCUT2D eigenvalue weighted by Gasteiger charge is 2.24. The zero-order chi connectivity index (χ0) is 13.3. The highest BCUT2D eigenvalue weighted by atomic mass is 35.5. The van der Waals surface area contributed by atoms with E-state index in [0.29, 0.717) is 19.6 Å². The second-order valence-corrected chi connectivity index (χ2v) is 4.30. The van der Waals surface area contributed by atoms with Crippen molar-refractivity contribution in [1.82, 2.24) is 0 Å². The van der Waals surface area contributed by atoms with Crippen LogP contribution in [0.3, 0.4) is 0 Å². The van der Waals surface area contributed by atoms with Crippen molar-refractivity contribution in [3.63, 3.8) is 0 Å². The predicted molar refractivity (Wildman–Crippen MR) is 70.4 cm³/mol. The van der Waals surface area contributed by atoms with Gasteiger partial charge in [-0.15, -0.1) is 11.6 Å². The van der Waals surface area contributed by atoms with Gasteiger partial charge in [-0.05, 0) is 11.1 Å². The Kier molecular flexibility index (Phi) is 6.54. The van der Waals surface area contributed by atoms with Crippen LogP contribution in [-0.4, -0.2) is 29.7 Å². The zero-order valence-electron chi connectivity index (χ0n) is 10.00. The Labute approximate surface area is 111 Å². The number of hydrogen-bond donors (Lipinski definition) is 1. The molecule has 1 atom stereocenters. The SMILES string of the molecule is [N-]=[N+]=NCC(O)(CCl)CCOCc1ccccc1. The van der Waals surface area contributed by atoms with Gasteiger partial charge >= 0.3 is 0 Å². The summed E-state index contributed by atoms with van der Waals surface area (Å²) in [6, 6.07) is 9.75. The van der Waals surface area contributed by atoms with Crippen molar-refractivity contribution in [3.8, 4) is 0 Å². The van der Waals surface area contributed by atoms with E-state index in [-0.39, 0.29) is 12.4 Å². The molecular weight excluding hydrogens is 254 g/mol. The van der Waals surface area contributed by atoms with Gasteiger partial charge in [-0.25, -0.2) is 0 Å². The summed E-state index contributed by atoms with van der Waals surface area (Å²) in [6.07, 6.45) is 0.336. The lowest BCUT2D eigenvalue weighted by Gasteiger charge is -2.23. The summed E-state index contributed by atoms with van der Waals surface area (Å²) in [5.74, 6) is 0.0146. The molecule has 0 radical (unpaired) electrons. The largest absolute Gasteiger partial charge is 0.388 e. The lowest BCUT2D eigenvalue weighted by Crippen LogP contribution is -2.35. The van der Waals surface area contributed by atoms with Crippen molar-refractivity contribution in [3.05, 3.63) is 46.3 Å². The van der Waals surface area contributed by atoms with Crippen LogP contribution in [0.2, 0.25) is 0 Å². The normalized spacial score (nSPS) is 13.7. The van der Waals surface area contributed by atoms with E-state index in [4.69, 9.17) is 21.9 Å². The molecule has 6 heteroatoms. The molecule has 0 aliphatic heterocycles. The Morgan fingerprint density at radius 1 is 1.39 bits per heavy atom. The number of nitrogens with zero attached hydrogens (tertiary/aromatic N) is 3. The van der Waals surface area contributed by atoms with Crippen LogP contribution in [0.5, 0.6) is 0 Å². The summed E-state index contributed by atoms with van der Waals surface area (Å²) in [6.45, 7) is 0.807. The molecule has 0 amide bonds. The second kappa shape index (κ2) is 7.95. The summed E-state index contributed by atoms with van der Waals surface area (Å²) in [5.41, 5.74) is 8.10. The molecule has 0 aliphatic rings. The minimum absolute atomic E-state index is 0.0146. The van der Waals surface area contributed by atoms with Gasteiger partial charge in [0, 0.05) is 17.9 Å². The number of azide groups is 1. The summed E-state index contributed by atoms with van der Waals surface area (Å²) >= 11 is 5.65. The molecule has 0 saturated carbocycles. The van der Waals surface area contributed by atoms with Crippen molar-refractivity contribution in [2.75, 3.05) is 19.0 Å². The van der Waals surface area contributed by atoms with E-state index in [0.717, 1.165) is 5.56 Å². The standard InChI is InChI=1S/C12H16ClN3O2/c13-9-12(17,10-15-16-14)6-7-18-8-11-4-2-1-3-5-11/h1-5,17H,6-10H2. The van der Waals surface area contributed by atoms with Crippen LogP contribution in [-0.2, 0) is 11.3 Å². The lowest BCUT2D eigenvalue weighted by molar-refractivity contribution is 0.0193. The molecular formula is C12H16ClN3O2. The first-order valence-electron chi connectivity index (χ1n) is 5.61. The first-order valence-corrected chi connectivity index (χ1v) is 6.14. The van der Waals surface area contributed by atoms with Gasteiger partial charge in [0.25, 0.3) is 0 Å². The van der Waals surface area contributed by atoms with Crippen molar-refractivity contribution in [1.29, 1.82) is 0 Å². The van der Waals surface area contributed by atoms with Crippen molar-refractivity contribution < 1.29 is 9.84 Å². The monoisotopic (exact) mass is 269 g/mol. The fraction of sp³-hybridized carbons (Fsp3) is 0.500. The number of aliphatic hydroxyl groups is 1. The van der Waals surface area contributed by atoms with E-state index in [1.54, 1.807) is 0 Å². The fourth-order valence-corrected chi connectivity index (χ4v) is 1.60. The Morgan fingerprint density at radius 3 is 2.72 bits per heavy atom. The maximum Gasteiger partial charge on any atom is 0.0860 e. The molecule has 0 aliphatic carbocycles. The van der Waals surface area contributed by atoms with Gasteiger partial charge in [-0.1, -0.05) is 35.4 Å². The van der Waals surface area contributed by atoms with Crippen LogP contribution in [0.1, 0.15) is 12.0 Å². The van der Waals surface area contributed by atoms with E-state index in [9.17, 15) is 5.11 Å². The molecule has 0 heterocycles. The van der Waals surface area contributed by atoms with Crippen molar-refractivity contribution in [2.45, 2.75) is 18.6 Å². The predicted octanol–water partition coefficient (Wildman–Crippen LogP) is 2.87. The Balaban J connectivity index is 2.29. The van der Waals surface area contributed by atoms with Gasteiger partial charge in [0.1, 0.15) is 0 Å². The number of ether oxygens (including phenoxy) is 1. The summed E-state index contributed by atoms with van der Waals surface area (Å²) < 4.78 is 5.44. The van der Waals surface area contributed by atoms with Gasteiger partial charge in [0.2, 0.25) is 0 Å². The molecule has 1 N–H and O–H groups in total. The first kappa shape index (κ1) is 14.8. The minimum Gasteiger partial charge on any atom is -0.388 e. The Hall–Kier alpha value is -1.26. The fourth-order valence-electron chi connectivity index (χ4n) is 1.38. The quantitative estimate of drug-likeness (QED) is 0.259. The molecule has 0 bridgehead atoms. The Morgan fingerprint density at radius 2 is 2.11 bits per heavy atom. The Bertz CT molecular complexity index is 396. The third kappa shape index (κ3) is 5.38. The molecule has 1 aromatic carbocycles. The molecule has 0 saturated heterocycles. The number of halogens is 1. The average molecular weight is 270 g/mol. The molecule has 0 aromatic heterocycles. The third-order valence-corrected chi connectivity index (χ3v) is 3.00. The van der Waals surface area contributed by atoms with Crippen molar-refractivity contribution >= 4 is 11.6 Å². The van der Waals surface area contributed by atoms with E-state index >= 15 is 0 Å². The first-order chi connectivity index (χ1) is 8.70. The highest BCUT2D eigenvalue weighted by molar-refractivity contribution is 6.18. The van der Waals surface area contributed by atoms with Gasteiger partial charge in [-0.2, -0.15) is 0 Å². The summed E-state index contributed by atoms with van der Waals surface area (Å²) in [5, 5.41) is 13.3. The van der Waals surface area contributed by atoms with Crippen LogP contribution in [0.25, 0.3) is 10.4 Å². The lowest BCUT2D eigenvalue weighted by atomic mass is 10.0. The van der Waals surface area contributed by atoms with E-state index in [1.165, 1.54) is 0 Å². The number of alkyl halides is 1. The number of rotatable bonds is 8. The smallest absolute Gasteiger partial charge is 0.0860 e. The van der Waals surface area contributed by atoms with Gasteiger partial charge in [-0.3, -0.25) is 0 Å². The molecule has 18 heavy (non-hydrogen) atoms. The molecule has 98 valence electrons. The third-order valence-electron chi connectivity index (χ3n) is 2.50. The molecule has 1 rings (SSSR count). The number of hydrogen-bond acceptors (Lipinski definition) is 3. The zero-order valence-corrected chi connectivity index (χ0v) is 10.8. The summed E-state index contributed by atoms with van der Waals surface area (Å²) in [7, 11) is 0. The van der Waals surface area contributed by atoms with Crippen LogP contribution in [0.15, 0.2) is 35.4 Å². The summed E-state index contributed by atoms with van der Waals surface area (Å²) in [4.78, 5) is 2.61. The van der Waals surface area contributed by atoms with Crippen LogP contribution < -0.4 is 0 Å². The van der Waals surface area contributed by atoms with Crippen LogP contribution in [0, 0.1) is 0 Å². The molecule has 5 nitrogen and oxygen atoms in total. The molecule has 0 spiro atoms. The second-order valence-electron chi connectivity index (χ2n) is 4.04. The maximum atomic E-state index is 9.97. The highest BCUT2D eigenvalue weighted by Crippen LogP contribution is 2.14. The average Bonchev–Trinajstić information content (AvgIpc) is 2.43. The minimum atomic E-state index is -1.19. The van der Waals surface area contributed by atoms with Crippen molar-refractivity contribution in [2.24, 2.45) is 5.11 Å². The maximum absolute atomic E-state index is 9.97. The van der Waals surface area contributed by atoms with E-state index in [2.05, 4.69) is 10.0 Å². The molecule has 1 aromatic rings. The van der Waals surface area contributed by atoms with Crippen LogP contribution >= 0.6 is 11.6 Å². The molecule has 0 fully saturated rings. The van der Waals surface area contributed by atoms with Gasteiger partial charge in [0.05, 0.1) is 24.6 Å². The molecule has 1 unspecified atom stereocenters. The van der Waals surface area contributed by atoms with Gasteiger partial charge < -0.3 is 9.84 Å². The number of benzene rings is 1. The van der Waals surface area contributed by atoms with Gasteiger partial charge in [0.15, 0.2) is 0 Å². The topological polar surface area (TPSA) is 78.2 Å². The van der Waals surface area contributed by atoms with Crippen LogP contribution in [0.4, 0.5) is 0 Å². The van der Waals surface area contributed by atoms with E-state index < -0.39 is 5.60 Å².